The van der Waals surface area contributed by atoms with E-state index >= 15 is 0 Å². The van der Waals surface area contributed by atoms with Gasteiger partial charge in [-0.2, -0.15) is 0 Å². The lowest BCUT2D eigenvalue weighted by Gasteiger charge is -2.11. The number of amides is 1. The Morgan fingerprint density at radius 2 is 1.96 bits per heavy atom. The Morgan fingerprint density at radius 1 is 1.19 bits per heavy atom. The molecule has 0 unspecified atom stereocenters. The minimum absolute atomic E-state index is 0.222. The zero-order valence-corrected chi connectivity index (χ0v) is 15.9. The molecule has 1 aromatic heterocycles. The maximum atomic E-state index is 12.6. The Morgan fingerprint density at radius 3 is 2.73 bits per heavy atom. The maximum Gasteiger partial charge on any atom is 0.254 e. The van der Waals surface area contributed by atoms with Gasteiger partial charge in [-0.3, -0.25) is 4.79 Å². The van der Waals surface area contributed by atoms with Gasteiger partial charge in [-0.05, 0) is 49.6 Å². The van der Waals surface area contributed by atoms with Crippen molar-refractivity contribution in [2.24, 2.45) is 0 Å². The molecular formula is C21H21ClN2O2. The highest BCUT2D eigenvalue weighted by molar-refractivity contribution is 6.33. The lowest BCUT2D eigenvalue weighted by molar-refractivity contribution is 0.0954. The van der Waals surface area contributed by atoms with E-state index in [1.807, 2.05) is 50.2 Å². The van der Waals surface area contributed by atoms with Gasteiger partial charge in [0.05, 0.1) is 18.2 Å². The minimum atomic E-state index is -0.224. The SMILES string of the molecule is COc1ccccc1CCNC(=O)c1cc2cc(C)cc(C)c2nc1Cl. The normalized spacial score (nSPS) is 10.8. The summed E-state index contributed by atoms with van der Waals surface area (Å²) in [6.45, 7) is 4.50. The van der Waals surface area contributed by atoms with Crippen molar-refractivity contribution in [1.82, 2.24) is 10.3 Å². The number of benzene rings is 2. The highest BCUT2D eigenvalue weighted by Gasteiger charge is 2.14. The third kappa shape index (κ3) is 3.81. The van der Waals surface area contributed by atoms with Crippen molar-refractivity contribution < 1.29 is 9.53 Å². The smallest absolute Gasteiger partial charge is 0.254 e. The van der Waals surface area contributed by atoms with Crippen molar-refractivity contribution in [3.8, 4) is 5.75 Å². The van der Waals surface area contributed by atoms with E-state index in [0.717, 1.165) is 33.3 Å². The molecule has 0 radical (unpaired) electrons. The molecule has 0 bridgehead atoms. The number of hydrogen-bond donors (Lipinski definition) is 1. The maximum absolute atomic E-state index is 12.6. The zero-order chi connectivity index (χ0) is 18.7. The molecule has 0 aliphatic carbocycles. The van der Waals surface area contributed by atoms with Crippen LogP contribution in [0.3, 0.4) is 0 Å². The van der Waals surface area contributed by atoms with Gasteiger partial charge in [-0.1, -0.05) is 41.4 Å². The zero-order valence-electron chi connectivity index (χ0n) is 15.1. The first-order valence-electron chi connectivity index (χ1n) is 8.47. The molecule has 0 aliphatic rings. The molecule has 3 rings (SSSR count). The Balaban J connectivity index is 1.76. The molecule has 2 aromatic carbocycles. The van der Waals surface area contributed by atoms with E-state index in [9.17, 15) is 4.79 Å². The quantitative estimate of drug-likeness (QED) is 0.675. The van der Waals surface area contributed by atoms with Gasteiger partial charge < -0.3 is 10.1 Å². The van der Waals surface area contributed by atoms with E-state index in [1.54, 1.807) is 7.11 Å². The van der Waals surface area contributed by atoms with Crippen LogP contribution in [-0.4, -0.2) is 24.5 Å². The molecule has 0 aliphatic heterocycles. The van der Waals surface area contributed by atoms with Gasteiger partial charge in [0.1, 0.15) is 10.9 Å². The number of para-hydroxylation sites is 1. The van der Waals surface area contributed by atoms with Crippen LogP contribution in [0.15, 0.2) is 42.5 Å². The Kier molecular flexibility index (Phi) is 5.43. The number of carbonyl (C=O) groups excluding carboxylic acids is 1. The second-order valence-corrected chi connectivity index (χ2v) is 6.66. The molecule has 26 heavy (non-hydrogen) atoms. The van der Waals surface area contributed by atoms with Crippen LogP contribution in [0.2, 0.25) is 5.15 Å². The van der Waals surface area contributed by atoms with Crippen molar-refractivity contribution >= 4 is 28.4 Å². The lowest BCUT2D eigenvalue weighted by atomic mass is 10.1. The molecule has 0 spiro atoms. The van der Waals surface area contributed by atoms with Crippen LogP contribution in [0, 0.1) is 13.8 Å². The van der Waals surface area contributed by atoms with Crippen molar-refractivity contribution in [2.45, 2.75) is 20.3 Å². The summed E-state index contributed by atoms with van der Waals surface area (Å²) in [6, 6.07) is 13.6. The van der Waals surface area contributed by atoms with E-state index < -0.39 is 0 Å². The summed E-state index contributed by atoms with van der Waals surface area (Å²) in [5.74, 6) is 0.594. The summed E-state index contributed by atoms with van der Waals surface area (Å²) >= 11 is 6.26. The molecule has 3 aromatic rings. The largest absolute Gasteiger partial charge is 0.496 e. The number of aryl methyl sites for hydroxylation is 2. The molecule has 0 fully saturated rings. The van der Waals surface area contributed by atoms with Crippen LogP contribution in [0.25, 0.3) is 10.9 Å². The van der Waals surface area contributed by atoms with Crippen LogP contribution in [0.1, 0.15) is 27.0 Å². The molecule has 0 atom stereocenters. The van der Waals surface area contributed by atoms with Gasteiger partial charge in [-0.25, -0.2) is 4.98 Å². The van der Waals surface area contributed by atoms with Crippen molar-refractivity contribution in [3.63, 3.8) is 0 Å². The van der Waals surface area contributed by atoms with Gasteiger partial charge in [0, 0.05) is 11.9 Å². The van der Waals surface area contributed by atoms with Crippen LogP contribution >= 0.6 is 11.6 Å². The molecule has 1 heterocycles. The number of fused-ring (bicyclic) bond motifs is 1. The monoisotopic (exact) mass is 368 g/mol. The van der Waals surface area contributed by atoms with Crippen LogP contribution < -0.4 is 10.1 Å². The average Bonchev–Trinajstić information content (AvgIpc) is 2.62. The Bertz CT molecular complexity index is 970. The highest BCUT2D eigenvalue weighted by atomic mass is 35.5. The summed E-state index contributed by atoms with van der Waals surface area (Å²) in [4.78, 5) is 17.0. The first kappa shape index (κ1) is 18.2. The lowest BCUT2D eigenvalue weighted by Crippen LogP contribution is -2.26. The Labute approximate surface area is 158 Å². The predicted molar refractivity (Wildman–Crippen MR) is 105 cm³/mol. The van der Waals surface area contributed by atoms with Crippen molar-refractivity contribution in [2.75, 3.05) is 13.7 Å². The van der Waals surface area contributed by atoms with Crippen molar-refractivity contribution in [3.05, 3.63) is 69.9 Å². The fraction of sp³-hybridized carbons (Fsp3) is 0.238. The second-order valence-electron chi connectivity index (χ2n) is 6.30. The molecule has 134 valence electrons. The topological polar surface area (TPSA) is 51.2 Å². The number of hydrogen-bond acceptors (Lipinski definition) is 3. The highest BCUT2D eigenvalue weighted by Crippen LogP contribution is 2.24. The van der Waals surface area contributed by atoms with Crippen molar-refractivity contribution in [1.29, 1.82) is 0 Å². The third-order valence-corrected chi connectivity index (χ3v) is 4.61. The number of nitrogens with zero attached hydrogens (tertiary/aromatic N) is 1. The number of pyridine rings is 1. The average molecular weight is 369 g/mol. The number of rotatable bonds is 5. The molecule has 4 nitrogen and oxygen atoms in total. The van der Waals surface area contributed by atoms with Crippen LogP contribution in [-0.2, 0) is 6.42 Å². The number of ether oxygens (including phenoxy) is 1. The summed E-state index contributed by atoms with van der Waals surface area (Å²) in [7, 11) is 1.64. The molecule has 0 saturated heterocycles. The molecule has 0 saturated carbocycles. The number of aromatic nitrogens is 1. The van der Waals surface area contributed by atoms with Gasteiger partial charge in [0.25, 0.3) is 5.91 Å². The summed E-state index contributed by atoms with van der Waals surface area (Å²) in [5.41, 5.74) is 4.44. The van der Waals surface area contributed by atoms with E-state index in [0.29, 0.717) is 18.5 Å². The van der Waals surface area contributed by atoms with E-state index in [2.05, 4.69) is 16.4 Å². The summed E-state index contributed by atoms with van der Waals surface area (Å²) < 4.78 is 5.33. The molecule has 1 N–H and O–H groups in total. The fourth-order valence-electron chi connectivity index (χ4n) is 3.10. The van der Waals surface area contributed by atoms with E-state index in [1.165, 1.54) is 0 Å². The fourth-order valence-corrected chi connectivity index (χ4v) is 3.33. The van der Waals surface area contributed by atoms with E-state index in [4.69, 9.17) is 16.3 Å². The summed E-state index contributed by atoms with van der Waals surface area (Å²) in [5, 5.41) is 4.05. The third-order valence-electron chi connectivity index (χ3n) is 4.32. The van der Waals surface area contributed by atoms with Gasteiger partial charge in [0.2, 0.25) is 0 Å². The van der Waals surface area contributed by atoms with Gasteiger partial charge in [0.15, 0.2) is 0 Å². The number of carbonyl (C=O) groups is 1. The first-order chi connectivity index (χ1) is 12.5. The molecule has 5 heteroatoms. The minimum Gasteiger partial charge on any atom is -0.496 e. The number of nitrogens with one attached hydrogen (secondary N) is 1. The molecule has 1 amide bonds. The number of methoxy groups -OCH3 is 1. The standard InChI is InChI=1S/C21H21ClN2O2/c1-13-10-14(2)19-16(11-13)12-17(20(22)24-19)21(25)23-9-8-15-6-4-5-7-18(15)26-3/h4-7,10-12H,8-9H2,1-3H3,(H,23,25). The summed E-state index contributed by atoms with van der Waals surface area (Å²) in [6.07, 6.45) is 0.673. The second kappa shape index (κ2) is 7.75. The van der Waals surface area contributed by atoms with Gasteiger partial charge >= 0.3 is 0 Å². The molecular weight excluding hydrogens is 348 g/mol. The number of halogens is 1. The van der Waals surface area contributed by atoms with Crippen LogP contribution in [0.5, 0.6) is 5.75 Å². The Hall–Kier alpha value is -2.59. The van der Waals surface area contributed by atoms with Gasteiger partial charge in [-0.15, -0.1) is 0 Å². The first-order valence-corrected chi connectivity index (χ1v) is 8.85. The van der Waals surface area contributed by atoms with Crippen LogP contribution in [0.4, 0.5) is 0 Å². The van der Waals surface area contributed by atoms with E-state index in [-0.39, 0.29) is 11.1 Å². The predicted octanol–water partition coefficient (Wildman–Crippen LogP) is 4.49.